The van der Waals surface area contributed by atoms with Gasteiger partial charge in [-0.15, -0.1) is 0 Å². The van der Waals surface area contributed by atoms with Crippen LogP contribution in [0.1, 0.15) is 97.4 Å². The average molecular weight is 425 g/mol. The van der Waals surface area contributed by atoms with Crippen LogP contribution >= 0.6 is 0 Å². The van der Waals surface area contributed by atoms with Gasteiger partial charge in [-0.3, -0.25) is 0 Å². The van der Waals surface area contributed by atoms with E-state index in [-0.39, 0.29) is 17.7 Å². The molecular weight excluding hydrogens is 388 g/mol. The molecule has 0 radical (unpaired) electrons. The third-order valence-corrected chi connectivity index (χ3v) is 5.31. The SMILES string of the molecule is CCCCCCCCCCCCOC(=O)c1ccccc1C(=O)OCc1ccccc1. The van der Waals surface area contributed by atoms with Crippen LogP contribution < -0.4 is 0 Å². The second kappa shape index (κ2) is 15.2. The fourth-order valence-electron chi connectivity index (χ4n) is 3.47. The third-order valence-electron chi connectivity index (χ3n) is 5.31. The second-order valence-corrected chi connectivity index (χ2v) is 7.93. The number of esters is 2. The molecule has 4 heteroatoms. The standard InChI is InChI=1S/C27H36O4/c1-2-3-4-5-6-7-8-9-10-16-21-30-26(28)24-19-14-15-20-25(24)27(29)31-22-23-17-12-11-13-18-23/h11-15,17-20H,2-10,16,21-22H2,1H3. The van der Waals surface area contributed by atoms with Gasteiger partial charge in [0.2, 0.25) is 0 Å². The van der Waals surface area contributed by atoms with Gasteiger partial charge in [0.1, 0.15) is 6.61 Å². The number of ether oxygens (including phenoxy) is 2. The highest BCUT2D eigenvalue weighted by atomic mass is 16.5. The number of hydrogen-bond acceptors (Lipinski definition) is 4. The normalized spacial score (nSPS) is 10.6. The van der Waals surface area contributed by atoms with E-state index in [2.05, 4.69) is 6.92 Å². The van der Waals surface area contributed by atoms with E-state index in [1.165, 1.54) is 51.4 Å². The van der Waals surface area contributed by atoms with E-state index in [4.69, 9.17) is 9.47 Å². The fraction of sp³-hybridized carbons (Fsp3) is 0.481. The maximum absolute atomic E-state index is 12.5. The Hall–Kier alpha value is -2.62. The summed E-state index contributed by atoms with van der Waals surface area (Å²) in [4.78, 5) is 24.9. The summed E-state index contributed by atoms with van der Waals surface area (Å²) in [6, 6.07) is 16.1. The van der Waals surface area contributed by atoms with Gasteiger partial charge in [0.15, 0.2) is 0 Å². The molecule has 0 aromatic heterocycles. The summed E-state index contributed by atoms with van der Waals surface area (Å²) in [7, 11) is 0. The molecule has 0 aliphatic rings. The summed E-state index contributed by atoms with van der Waals surface area (Å²) in [6.45, 7) is 2.79. The maximum Gasteiger partial charge on any atom is 0.339 e. The summed E-state index contributed by atoms with van der Waals surface area (Å²) >= 11 is 0. The van der Waals surface area contributed by atoms with Crippen LogP contribution in [-0.2, 0) is 16.1 Å². The average Bonchev–Trinajstić information content (AvgIpc) is 2.81. The molecule has 0 unspecified atom stereocenters. The molecule has 4 nitrogen and oxygen atoms in total. The zero-order valence-corrected chi connectivity index (χ0v) is 18.8. The lowest BCUT2D eigenvalue weighted by Crippen LogP contribution is -2.14. The number of benzene rings is 2. The Bertz CT molecular complexity index is 770. The Morgan fingerprint density at radius 3 is 1.68 bits per heavy atom. The molecule has 0 spiro atoms. The van der Waals surface area contributed by atoms with E-state index >= 15 is 0 Å². The van der Waals surface area contributed by atoms with Gasteiger partial charge in [-0.05, 0) is 24.1 Å². The van der Waals surface area contributed by atoms with Crippen molar-refractivity contribution in [2.75, 3.05) is 6.61 Å². The van der Waals surface area contributed by atoms with Gasteiger partial charge in [0, 0.05) is 0 Å². The van der Waals surface area contributed by atoms with Crippen LogP contribution in [0.25, 0.3) is 0 Å². The van der Waals surface area contributed by atoms with E-state index < -0.39 is 11.9 Å². The highest BCUT2D eigenvalue weighted by Crippen LogP contribution is 2.15. The highest BCUT2D eigenvalue weighted by molar-refractivity contribution is 6.03. The number of carbonyl (C=O) groups excluding carboxylic acids is 2. The molecule has 0 saturated heterocycles. The summed E-state index contributed by atoms with van der Waals surface area (Å²) in [5, 5.41) is 0. The number of hydrogen-bond donors (Lipinski definition) is 0. The van der Waals surface area contributed by atoms with Crippen LogP contribution in [0.15, 0.2) is 54.6 Å². The molecule has 0 N–H and O–H groups in total. The van der Waals surface area contributed by atoms with Crippen LogP contribution in [0.4, 0.5) is 0 Å². The van der Waals surface area contributed by atoms with Crippen molar-refractivity contribution in [3.05, 3.63) is 71.3 Å². The molecule has 2 aromatic rings. The Labute approximate surface area is 187 Å². The molecule has 0 amide bonds. The minimum atomic E-state index is -0.518. The minimum absolute atomic E-state index is 0.168. The first kappa shape index (κ1) is 24.6. The molecule has 168 valence electrons. The first-order valence-corrected chi connectivity index (χ1v) is 11.7. The second-order valence-electron chi connectivity index (χ2n) is 7.93. The van der Waals surface area contributed by atoms with Crippen molar-refractivity contribution in [2.24, 2.45) is 0 Å². The summed E-state index contributed by atoms with van der Waals surface area (Å²) in [6.07, 6.45) is 12.3. The van der Waals surface area contributed by atoms with E-state index in [1.807, 2.05) is 30.3 Å². The Balaban J connectivity index is 1.67. The Morgan fingerprint density at radius 1 is 0.613 bits per heavy atom. The van der Waals surface area contributed by atoms with Crippen molar-refractivity contribution in [1.29, 1.82) is 0 Å². The van der Waals surface area contributed by atoms with Crippen molar-refractivity contribution in [3.63, 3.8) is 0 Å². The largest absolute Gasteiger partial charge is 0.462 e. The molecule has 31 heavy (non-hydrogen) atoms. The lowest BCUT2D eigenvalue weighted by Gasteiger charge is -2.10. The monoisotopic (exact) mass is 424 g/mol. The van der Waals surface area contributed by atoms with E-state index in [1.54, 1.807) is 24.3 Å². The van der Waals surface area contributed by atoms with Crippen molar-refractivity contribution < 1.29 is 19.1 Å². The smallest absolute Gasteiger partial charge is 0.339 e. The van der Waals surface area contributed by atoms with Crippen LogP contribution in [0.5, 0.6) is 0 Å². The molecule has 0 atom stereocenters. The topological polar surface area (TPSA) is 52.6 Å². The Morgan fingerprint density at radius 2 is 1.10 bits per heavy atom. The molecular formula is C27H36O4. The van der Waals surface area contributed by atoms with Crippen LogP contribution in [-0.4, -0.2) is 18.5 Å². The summed E-state index contributed by atoms with van der Waals surface area (Å²) in [5.41, 5.74) is 1.40. The molecule has 0 fully saturated rings. The molecule has 2 rings (SSSR count). The third kappa shape index (κ3) is 9.82. The van der Waals surface area contributed by atoms with E-state index in [9.17, 15) is 9.59 Å². The van der Waals surface area contributed by atoms with Gasteiger partial charge in [-0.2, -0.15) is 0 Å². The van der Waals surface area contributed by atoms with Gasteiger partial charge in [0.05, 0.1) is 17.7 Å². The van der Waals surface area contributed by atoms with Gasteiger partial charge in [-0.1, -0.05) is 107 Å². The van der Waals surface area contributed by atoms with E-state index in [0.717, 1.165) is 18.4 Å². The summed E-state index contributed by atoms with van der Waals surface area (Å²) < 4.78 is 10.8. The number of rotatable bonds is 15. The van der Waals surface area contributed by atoms with Gasteiger partial charge in [-0.25, -0.2) is 9.59 Å². The molecule has 0 aliphatic carbocycles. The molecule has 0 saturated carbocycles. The predicted molar refractivity (Wildman–Crippen MR) is 124 cm³/mol. The van der Waals surface area contributed by atoms with Gasteiger partial charge < -0.3 is 9.47 Å². The van der Waals surface area contributed by atoms with Crippen LogP contribution in [0.2, 0.25) is 0 Å². The molecule has 2 aromatic carbocycles. The van der Waals surface area contributed by atoms with Crippen molar-refractivity contribution in [2.45, 2.75) is 77.7 Å². The zero-order chi connectivity index (χ0) is 22.2. The van der Waals surface area contributed by atoms with Gasteiger partial charge >= 0.3 is 11.9 Å². The van der Waals surface area contributed by atoms with Crippen LogP contribution in [0.3, 0.4) is 0 Å². The zero-order valence-electron chi connectivity index (χ0n) is 18.8. The van der Waals surface area contributed by atoms with Gasteiger partial charge in [0.25, 0.3) is 0 Å². The lowest BCUT2D eigenvalue weighted by atomic mass is 10.1. The summed E-state index contributed by atoms with van der Waals surface area (Å²) in [5.74, 6) is -0.987. The van der Waals surface area contributed by atoms with Crippen molar-refractivity contribution in [1.82, 2.24) is 0 Å². The fourth-order valence-corrected chi connectivity index (χ4v) is 3.47. The molecule has 0 heterocycles. The van der Waals surface area contributed by atoms with Crippen LogP contribution in [0, 0.1) is 0 Å². The lowest BCUT2D eigenvalue weighted by molar-refractivity contribution is 0.0436. The van der Waals surface area contributed by atoms with Crippen molar-refractivity contribution in [3.8, 4) is 0 Å². The maximum atomic E-state index is 12.5. The molecule has 0 bridgehead atoms. The Kier molecular flexibility index (Phi) is 12.1. The number of unbranched alkanes of at least 4 members (excludes halogenated alkanes) is 9. The first-order chi connectivity index (χ1) is 15.2. The molecule has 0 aliphatic heterocycles. The minimum Gasteiger partial charge on any atom is -0.462 e. The number of carbonyl (C=O) groups is 2. The van der Waals surface area contributed by atoms with Crippen molar-refractivity contribution >= 4 is 11.9 Å². The first-order valence-electron chi connectivity index (χ1n) is 11.7. The predicted octanol–water partition coefficient (Wildman–Crippen LogP) is 7.12. The highest BCUT2D eigenvalue weighted by Gasteiger charge is 2.19. The quantitative estimate of drug-likeness (QED) is 0.226. The van der Waals surface area contributed by atoms with E-state index in [0.29, 0.717) is 6.61 Å².